The number of nitrogens with one attached hydrogen (secondary N) is 1. The van der Waals surface area contributed by atoms with E-state index < -0.39 is 0 Å². The highest BCUT2D eigenvalue weighted by Gasteiger charge is 2.08. The Balaban J connectivity index is 1.46. The lowest BCUT2D eigenvalue weighted by atomic mass is 9.99. The maximum Gasteiger partial charge on any atom is 0.138 e. The molecule has 5 rings (SSSR count). The summed E-state index contributed by atoms with van der Waals surface area (Å²) in [4.78, 5) is 8.14. The first kappa shape index (κ1) is 20.3. The Morgan fingerprint density at radius 3 is 2.25 bits per heavy atom. The number of pyridine rings is 1. The Kier molecular flexibility index (Phi) is 5.85. The summed E-state index contributed by atoms with van der Waals surface area (Å²) >= 11 is 0. The summed E-state index contributed by atoms with van der Waals surface area (Å²) in [6.45, 7) is 2.24. The number of aromatic nitrogens is 2. The number of H-pyrrole nitrogens is 1. The van der Waals surface area contributed by atoms with Crippen LogP contribution in [0.3, 0.4) is 0 Å². The van der Waals surface area contributed by atoms with Gasteiger partial charge in [0.05, 0.1) is 0 Å². The van der Waals surface area contributed by atoms with E-state index in [0.29, 0.717) is 0 Å². The normalized spacial score (nSPS) is 11.7. The molecule has 0 spiro atoms. The van der Waals surface area contributed by atoms with Crippen molar-refractivity contribution in [2.45, 2.75) is 32.6 Å². The van der Waals surface area contributed by atoms with E-state index in [0.717, 1.165) is 23.1 Å². The van der Waals surface area contributed by atoms with Gasteiger partial charge in [-0.05, 0) is 58.9 Å². The minimum atomic E-state index is 0.944. The zero-order valence-corrected chi connectivity index (χ0v) is 18.5. The average molecular weight is 417 g/mol. The minimum Gasteiger partial charge on any atom is -0.339 e. The van der Waals surface area contributed by atoms with E-state index in [1.165, 1.54) is 52.3 Å². The smallest absolute Gasteiger partial charge is 0.138 e. The van der Waals surface area contributed by atoms with Crippen LogP contribution < -0.4 is 0 Å². The van der Waals surface area contributed by atoms with Gasteiger partial charge in [0.25, 0.3) is 0 Å². The van der Waals surface area contributed by atoms with E-state index in [1.54, 1.807) is 0 Å². The van der Waals surface area contributed by atoms with Crippen molar-refractivity contribution in [1.29, 1.82) is 0 Å². The molecule has 0 aliphatic carbocycles. The van der Waals surface area contributed by atoms with Gasteiger partial charge in [-0.3, -0.25) is 0 Å². The highest BCUT2D eigenvalue weighted by Crippen LogP contribution is 2.31. The van der Waals surface area contributed by atoms with E-state index in [4.69, 9.17) is 0 Å². The zero-order valence-electron chi connectivity index (χ0n) is 18.5. The zero-order chi connectivity index (χ0) is 21.8. The second-order valence-electron chi connectivity index (χ2n) is 8.39. The standard InChI is InChI=1S/C30H28N2/c1-2-3-4-5-7-10-22-19-28-27-20-26(17-18-29(27)32-30(28)31-21-22)25-15-13-24(14-16-25)23-11-8-6-9-12-23/h6-21H,2-5H2,1H3,(H,31,32). The first-order chi connectivity index (χ1) is 15.8. The van der Waals surface area contributed by atoms with Crippen LogP contribution in [0, 0.1) is 0 Å². The third kappa shape index (κ3) is 4.22. The monoisotopic (exact) mass is 416 g/mol. The number of allylic oxidation sites excluding steroid dienone is 1. The molecule has 0 aliphatic rings. The van der Waals surface area contributed by atoms with Crippen LogP contribution >= 0.6 is 0 Å². The van der Waals surface area contributed by atoms with Crippen LogP contribution in [0.2, 0.25) is 0 Å². The SMILES string of the molecule is CCCCCC=Cc1cnc2[nH]c3ccc(-c4ccc(-c5ccccc5)cc4)cc3c2c1. The molecule has 2 nitrogen and oxygen atoms in total. The molecule has 1 N–H and O–H groups in total. The topological polar surface area (TPSA) is 28.7 Å². The number of unbranched alkanes of at least 4 members (excludes halogenated alkanes) is 3. The summed E-state index contributed by atoms with van der Waals surface area (Å²) in [5.41, 5.74) is 8.16. The van der Waals surface area contributed by atoms with Crippen LogP contribution in [0.5, 0.6) is 0 Å². The van der Waals surface area contributed by atoms with Crippen molar-refractivity contribution in [2.75, 3.05) is 0 Å². The first-order valence-electron chi connectivity index (χ1n) is 11.6. The Bertz CT molecular complexity index is 1360. The summed E-state index contributed by atoms with van der Waals surface area (Å²) in [7, 11) is 0. The third-order valence-corrected chi connectivity index (χ3v) is 6.08. The molecule has 32 heavy (non-hydrogen) atoms. The number of benzene rings is 3. The number of aromatic amines is 1. The lowest BCUT2D eigenvalue weighted by Crippen LogP contribution is -1.81. The van der Waals surface area contributed by atoms with Gasteiger partial charge in [0.1, 0.15) is 5.65 Å². The van der Waals surface area contributed by atoms with Crippen molar-refractivity contribution >= 4 is 28.0 Å². The molecule has 0 fully saturated rings. The molecular weight excluding hydrogens is 388 g/mol. The molecule has 3 aromatic carbocycles. The van der Waals surface area contributed by atoms with Crippen molar-refractivity contribution in [3.05, 3.63) is 96.7 Å². The molecule has 0 saturated heterocycles. The summed E-state index contributed by atoms with van der Waals surface area (Å²) in [6, 6.07) is 28.2. The van der Waals surface area contributed by atoms with Gasteiger partial charge >= 0.3 is 0 Å². The summed E-state index contributed by atoms with van der Waals surface area (Å²) in [5.74, 6) is 0. The average Bonchev–Trinajstić information content (AvgIpc) is 3.22. The summed E-state index contributed by atoms with van der Waals surface area (Å²) < 4.78 is 0. The quantitative estimate of drug-likeness (QED) is 0.264. The second kappa shape index (κ2) is 9.23. The Morgan fingerprint density at radius 1 is 0.750 bits per heavy atom. The van der Waals surface area contributed by atoms with Gasteiger partial charge in [-0.25, -0.2) is 4.98 Å². The van der Waals surface area contributed by atoms with E-state index in [2.05, 4.69) is 108 Å². The highest BCUT2D eigenvalue weighted by molar-refractivity contribution is 6.07. The van der Waals surface area contributed by atoms with Gasteiger partial charge in [-0.2, -0.15) is 0 Å². The predicted molar refractivity (Wildman–Crippen MR) is 138 cm³/mol. The van der Waals surface area contributed by atoms with Crippen LogP contribution in [-0.4, -0.2) is 9.97 Å². The van der Waals surface area contributed by atoms with Crippen LogP contribution in [-0.2, 0) is 0 Å². The summed E-state index contributed by atoms with van der Waals surface area (Å²) in [5, 5.41) is 2.40. The lowest BCUT2D eigenvalue weighted by Gasteiger charge is -2.05. The van der Waals surface area contributed by atoms with Crippen molar-refractivity contribution in [1.82, 2.24) is 9.97 Å². The number of nitrogens with zero attached hydrogens (tertiary/aromatic N) is 1. The van der Waals surface area contributed by atoms with Gasteiger partial charge in [0.2, 0.25) is 0 Å². The van der Waals surface area contributed by atoms with Crippen LogP contribution in [0.15, 0.2) is 91.1 Å². The molecule has 2 heteroatoms. The Morgan fingerprint density at radius 2 is 1.47 bits per heavy atom. The van der Waals surface area contributed by atoms with E-state index in [1.807, 2.05) is 6.20 Å². The molecule has 2 aromatic heterocycles. The van der Waals surface area contributed by atoms with E-state index >= 15 is 0 Å². The van der Waals surface area contributed by atoms with Crippen LogP contribution in [0.1, 0.15) is 38.2 Å². The number of hydrogen-bond acceptors (Lipinski definition) is 1. The lowest BCUT2D eigenvalue weighted by molar-refractivity contribution is 0.730. The molecule has 0 aliphatic heterocycles. The molecule has 0 unspecified atom stereocenters. The Labute approximate surface area is 189 Å². The van der Waals surface area contributed by atoms with Gasteiger partial charge in [-0.15, -0.1) is 0 Å². The molecule has 0 atom stereocenters. The van der Waals surface area contributed by atoms with Gasteiger partial charge in [0.15, 0.2) is 0 Å². The molecule has 2 heterocycles. The molecular formula is C30H28N2. The minimum absolute atomic E-state index is 0.944. The maximum atomic E-state index is 4.67. The fraction of sp³-hybridized carbons (Fsp3) is 0.167. The molecule has 0 amide bonds. The van der Waals surface area contributed by atoms with Gasteiger partial charge in [0, 0.05) is 22.5 Å². The number of rotatable bonds is 7. The molecule has 0 saturated carbocycles. The van der Waals surface area contributed by atoms with Crippen molar-refractivity contribution in [2.24, 2.45) is 0 Å². The van der Waals surface area contributed by atoms with Crippen molar-refractivity contribution in [3.63, 3.8) is 0 Å². The highest BCUT2D eigenvalue weighted by atomic mass is 14.8. The number of fused-ring (bicyclic) bond motifs is 3. The number of hydrogen-bond donors (Lipinski definition) is 1. The van der Waals surface area contributed by atoms with Gasteiger partial charge in [-0.1, -0.05) is 92.6 Å². The Hall–Kier alpha value is -3.65. The van der Waals surface area contributed by atoms with E-state index in [-0.39, 0.29) is 0 Å². The van der Waals surface area contributed by atoms with Gasteiger partial charge < -0.3 is 4.98 Å². The fourth-order valence-electron chi connectivity index (χ4n) is 4.28. The molecule has 158 valence electrons. The third-order valence-electron chi connectivity index (χ3n) is 6.08. The molecule has 5 aromatic rings. The predicted octanol–water partition coefficient (Wildman–Crippen LogP) is 8.64. The van der Waals surface area contributed by atoms with Crippen LogP contribution in [0.4, 0.5) is 0 Å². The fourth-order valence-corrected chi connectivity index (χ4v) is 4.28. The first-order valence-corrected chi connectivity index (χ1v) is 11.6. The largest absolute Gasteiger partial charge is 0.339 e. The molecule has 0 radical (unpaired) electrons. The molecule has 0 bridgehead atoms. The van der Waals surface area contributed by atoms with Crippen molar-refractivity contribution in [3.8, 4) is 22.3 Å². The summed E-state index contributed by atoms with van der Waals surface area (Å²) in [6.07, 6.45) is 11.4. The van der Waals surface area contributed by atoms with Crippen molar-refractivity contribution < 1.29 is 0 Å². The van der Waals surface area contributed by atoms with E-state index in [9.17, 15) is 0 Å². The second-order valence-corrected chi connectivity index (χ2v) is 8.39. The maximum absolute atomic E-state index is 4.67. The van der Waals surface area contributed by atoms with Crippen LogP contribution in [0.25, 0.3) is 50.3 Å².